The van der Waals surface area contributed by atoms with Gasteiger partial charge < -0.3 is 19.7 Å². The fourth-order valence-electron chi connectivity index (χ4n) is 1.84. The fourth-order valence-corrected chi connectivity index (χ4v) is 1.84. The molecular formula is C14H19N3O3. The van der Waals surface area contributed by atoms with Crippen LogP contribution in [0, 0.1) is 0 Å². The zero-order chi connectivity index (χ0) is 14.6. The van der Waals surface area contributed by atoms with Crippen LogP contribution in [0.25, 0.3) is 0 Å². The first kappa shape index (κ1) is 14.5. The molecule has 1 unspecified atom stereocenters. The van der Waals surface area contributed by atoms with Gasteiger partial charge in [-0.2, -0.15) is 4.98 Å². The zero-order valence-electron chi connectivity index (χ0n) is 11.9. The number of hydrogen-bond donors (Lipinski definition) is 1. The van der Waals surface area contributed by atoms with Gasteiger partial charge in [0.15, 0.2) is 5.82 Å². The van der Waals surface area contributed by atoms with Crippen LogP contribution >= 0.6 is 0 Å². The molecule has 1 heterocycles. The summed E-state index contributed by atoms with van der Waals surface area (Å²) in [6.45, 7) is 2.13. The number of benzene rings is 1. The van der Waals surface area contributed by atoms with Crippen LogP contribution in [0.3, 0.4) is 0 Å². The number of methoxy groups -OCH3 is 2. The van der Waals surface area contributed by atoms with Gasteiger partial charge in [-0.05, 0) is 24.6 Å². The van der Waals surface area contributed by atoms with Gasteiger partial charge in [-0.1, -0.05) is 17.3 Å². The average Bonchev–Trinajstić information content (AvgIpc) is 2.89. The van der Waals surface area contributed by atoms with Crippen molar-refractivity contribution in [2.24, 2.45) is 5.73 Å². The Kier molecular flexibility index (Phi) is 4.36. The number of rotatable bonds is 6. The molecule has 0 aliphatic rings. The molecule has 2 rings (SSSR count). The lowest BCUT2D eigenvalue weighted by Gasteiger charge is -2.18. The Morgan fingerprint density at radius 3 is 2.55 bits per heavy atom. The number of nitrogens with zero attached hydrogens (tertiary/aromatic N) is 2. The van der Waals surface area contributed by atoms with Crippen molar-refractivity contribution in [2.75, 3.05) is 20.8 Å². The highest BCUT2D eigenvalue weighted by molar-refractivity contribution is 5.28. The van der Waals surface area contributed by atoms with Crippen LogP contribution in [0.5, 0.6) is 5.75 Å². The summed E-state index contributed by atoms with van der Waals surface area (Å²) in [4.78, 5) is 4.32. The van der Waals surface area contributed by atoms with Gasteiger partial charge >= 0.3 is 0 Å². The van der Waals surface area contributed by atoms with Crippen molar-refractivity contribution in [3.05, 3.63) is 41.5 Å². The van der Waals surface area contributed by atoms with Gasteiger partial charge in [0, 0.05) is 7.11 Å². The molecule has 1 aromatic carbocycles. The van der Waals surface area contributed by atoms with Crippen molar-refractivity contribution >= 4 is 0 Å². The van der Waals surface area contributed by atoms with Crippen molar-refractivity contribution in [1.82, 2.24) is 10.1 Å². The SMILES string of the molecule is COCC(C)(N)c1noc(Cc2ccc(OC)cc2)n1. The Hall–Kier alpha value is -1.92. The molecule has 0 radical (unpaired) electrons. The van der Waals surface area contributed by atoms with Gasteiger partial charge in [0.05, 0.1) is 20.1 Å². The van der Waals surface area contributed by atoms with Crippen molar-refractivity contribution in [3.8, 4) is 5.75 Å². The molecule has 2 aromatic rings. The molecule has 0 saturated heterocycles. The van der Waals surface area contributed by atoms with E-state index in [1.165, 1.54) is 0 Å². The molecule has 1 aromatic heterocycles. The molecule has 2 N–H and O–H groups in total. The summed E-state index contributed by atoms with van der Waals surface area (Å²) < 4.78 is 15.4. The van der Waals surface area contributed by atoms with Crippen LogP contribution in [0.15, 0.2) is 28.8 Å². The minimum absolute atomic E-state index is 0.328. The van der Waals surface area contributed by atoms with E-state index in [1.807, 2.05) is 24.3 Å². The molecule has 108 valence electrons. The Morgan fingerprint density at radius 2 is 1.95 bits per heavy atom. The van der Waals surface area contributed by atoms with E-state index in [1.54, 1.807) is 21.1 Å². The predicted molar refractivity (Wildman–Crippen MR) is 73.5 cm³/mol. The molecule has 6 nitrogen and oxygen atoms in total. The molecule has 0 spiro atoms. The number of aromatic nitrogens is 2. The lowest BCUT2D eigenvalue weighted by molar-refractivity contribution is 0.135. The van der Waals surface area contributed by atoms with Crippen LogP contribution in [-0.2, 0) is 16.7 Å². The quantitative estimate of drug-likeness (QED) is 0.861. The molecule has 0 bridgehead atoms. The van der Waals surface area contributed by atoms with E-state index >= 15 is 0 Å². The smallest absolute Gasteiger partial charge is 0.231 e. The van der Waals surface area contributed by atoms with Crippen LogP contribution in [-0.4, -0.2) is 31.0 Å². The molecule has 1 atom stereocenters. The van der Waals surface area contributed by atoms with Crippen LogP contribution < -0.4 is 10.5 Å². The summed E-state index contributed by atoms with van der Waals surface area (Å²) in [5.74, 6) is 1.79. The third-order valence-corrected chi connectivity index (χ3v) is 2.94. The van der Waals surface area contributed by atoms with Gasteiger partial charge in [-0.15, -0.1) is 0 Å². The van der Waals surface area contributed by atoms with Crippen LogP contribution in [0.1, 0.15) is 24.2 Å². The topological polar surface area (TPSA) is 83.4 Å². The normalized spacial score (nSPS) is 14.0. The maximum absolute atomic E-state index is 6.07. The first-order chi connectivity index (χ1) is 9.55. The van der Waals surface area contributed by atoms with E-state index in [2.05, 4.69) is 10.1 Å². The van der Waals surface area contributed by atoms with Crippen molar-refractivity contribution < 1.29 is 14.0 Å². The monoisotopic (exact) mass is 277 g/mol. The molecule has 0 amide bonds. The highest BCUT2D eigenvalue weighted by Gasteiger charge is 2.27. The summed E-state index contributed by atoms with van der Waals surface area (Å²) >= 11 is 0. The highest BCUT2D eigenvalue weighted by atomic mass is 16.5. The summed E-state index contributed by atoms with van der Waals surface area (Å²) in [5, 5.41) is 3.92. The summed E-state index contributed by atoms with van der Waals surface area (Å²) in [6, 6.07) is 7.70. The standard InChI is InChI=1S/C14H19N3O3/c1-14(15,9-18-2)13-16-12(20-17-13)8-10-4-6-11(19-3)7-5-10/h4-7H,8-9,15H2,1-3H3. The third-order valence-electron chi connectivity index (χ3n) is 2.94. The van der Waals surface area contributed by atoms with Gasteiger partial charge in [0.1, 0.15) is 11.3 Å². The van der Waals surface area contributed by atoms with Gasteiger partial charge in [-0.3, -0.25) is 0 Å². The molecule has 0 fully saturated rings. The summed E-state index contributed by atoms with van der Waals surface area (Å²) in [7, 11) is 3.22. The molecule has 6 heteroatoms. The van der Waals surface area contributed by atoms with E-state index in [9.17, 15) is 0 Å². The lowest BCUT2D eigenvalue weighted by atomic mass is 10.1. The summed E-state index contributed by atoms with van der Waals surface area (Å²) in [6.07, 6.45) is 0.556. The average molecular weight is 277 g/mol. The van der Waals surface area contributed by atoms with Crippen LogP contribution in [0.2, 0.25) is 0 Å². The molecule has 0 saturated carbocycles. The second-order valence-corrected chi connectivity index (χ2v) is 4.89. The fraction of sp³-hybridized carbons (Fsp3) is 0.429. The Balaban J connectivity index is 2.09. The first-order valence-electron chi connectivity index (χ1n) is 6.29. The van der Waals surface area contributed by atoms with E-state index in [0.29, 0.717) is 24.7 Å². The Labute approximate surface area is 117 Å². The Bertz CT molecular complexity index is 549. The number of ether oxygens (including phenoxy) is 2. The maximum Gasteiger partial charge on any atom is 0.231 e. The van der Waals surface area contributed by atoms with E-state index in [0.717, 1.165) is 11.3 Å². The molecule has 0 aliphatic carbocycles. The van der Waals surface area contributed by atoms with Crippen LogP contribution in [0.4, 0.5) is 0 Å². The number of hydrogen-bond acceptors (Lipinski definition) is 6. The number of nitrogens with two attached hydrogens (primary N) is 1. The Morgan fingerprint density at radius 1 is 1.25 bits per heavy atom. The van der Waals surface area contributed by atoms with Gasteiger partial charge in [0.25, 0.3) is 0 Å². The second kappa shape index (κ2) is 6.02. The zero-order valence-corrected chi connectivity index (χ0v) is 11.9. The van der Waals surface area contributed by atoms with Gasteiger partial charge in [0.2, 0.25) is 5.89 Å². The largest absolute Gasteiger partial charge is 0.497 e. The minimum Gasteiger partial charge on any atom is -0.497 e. The van der Waals surface area contributed by atoms with E-state index < -0.39 is 5.54 Å². The van der Waals surface area contributed by atoms with Crippen molar-refractivity contribution in [2.45, 2.75) is 18.9 Å². The predicted octanol–water partition coefficient (Wildman–Crippen LogP) is 1.49. The molecule has 0 aliphatic heterocycles. The second-order valence-electron chi connectivity index (χ2n) is 4.89. The lowest BCUT2D eigenvalue weighted by Crippen LogP contribution is -2.39. The minimum atomic E-state index is -0.754. The summed E-state index contributed by atoms with van der Waals surface area (Å²) in [5.41, 5.74) is 6.37. The highest BCUT2D eigenvalue weighted by Crippen LogP contribution is 2.17. The van der Waals surface area contributed by atoms with E-state index in [-0.39, 0.29) is 0 Å². The molecular weight excluding hydrogens is 258 g/mol. The third kappa shape index (κ3) is 3.34. The maximum atomic E-state index is 6.07. The first-order valence-corrected chi connectivity index (χ1v) is 6.29. The molecule has 20 heavy (non-hydrogen) atoms. The van der Waals surface area contributed by atoms with Gasteiger partial charge in [-0.25, -0.2) is 0 Å². The van der Waals surface area contributed by atoms with E-state index in [4.69, 9.17) is 19.7 Å². The van der Waals surface area contributed by atoms with Crippen molar-refractivity contribution in [3.63, 3.8) is 0 Å². The van der Waals surface area contributed by atoms with Crippen molar-refractivity contribution in [1.29, 1.82) is 0 Å².